The number of carbonyl (C=O) groups is 2. The number of nitrogens with one attached hydrogen (secondary N) is 1. The summed E-state index contributed by atoms with van der Waals surface area (Å²) < 4.78 is 26.9. The van der Waals surface area contributed by atoms with E-state index in [1.807, 2.05) is 0 Å². The maximum Gasteiger partial charge on any atom is 0.278 e. The third-order valence-corrected chi connectivity index (χ3v) is 5.62. The van der Waals surface area contributed by atoms with E-state index in [1.165, 1.54) is 36.4 Å². The van der Waals surface area contributed by atoms with Crippen LogP contribution in [0.5, 0.6) is 0 Å². The number of rotatable bonds is 4. The first-order chi connectivity index (χ1) is 12.2. The topological polar surface area (TPSA) is 109 Å². The van der Waals surface area contributed by atoms with Gasteiger partial charge in [0.25, 0.3) is 21.8 Å². The number of benzene rings is 1. The third kappa shape index (κ3) is 3.38. The normalized spacial score (nSPS) is 15.0. The van der Waals surface area contributed by atoms with Gasteiger partial charge in [-0.2, -0.15) is 0 Å². The van der Waals surface area contributed by atoms with Crippen molar-refractivity contribution in [2.45, 2.75) is 4.90 Å². The molecule has 0 atom stereocenters. The lowest BCUT2D eigenvalue weighted by atomic mass is 10.3. The van der Waals surface area contributed by atoms with E-state index in [4.69, 9.17) is 34.8 Å². The number of halogens is 3. The third-order valence-electron chi connectivity index (χ3n) is 3.25. The summed E-state index contributed by atoms with van der Waals surface area (Å²) in [7, 11) is -3.96. The van der Waals surface area contributed by atoms with Gasteiger partial charge in [0, 0.05) is 0 Å². The van der Waals surface area contributed by atoms with Crippen molar-refractivity contribution in [1.82, 2.24) is 10.2 Å². The van der Waals surface area contributed by atoms with Gasteiger partial charge in [0.2, 0.25) is 0 Å². The first-order valence-electron chi connectivity index (χ1n) is 6.77. The van der Waals surface area contributed by atoms with Gasteiger partial charge in [-0.15, -0.1) is 10.2 Å². The van der Waals surface area contributed by atoms with Crippen LogP contribution in [0.3, 0.4) is 0 Å². The number of aromatic nitrogens is 2. The molecule has 1 aromatic carbocycles. The van der Waals surface area contributed by atoms with E-state index in [1.54, 1.807) is 0 Å². The molecule has 1 aliphatic rings. The summed E-state index contributed by atoms with van der Waals surface area (Å²) in [5.74, 6) is -1.59. The molecule has 0 fully saturated rings. The van der Waals surface area contributed by atoms with Gasteiger partial charge in [0.15, 0.2) is 11.0 Å². The van der Waals surface area contributed by atoms with Crippen molar-refractivity contribution in [2.75, 3.05) is 9.62 Å². The number of imide groups is 1. The van der Waals surface area contributed by atoms with E-state index >= 15 is 0 Å². The van der Waals surface area contributed by atoms with Crippen molar-refractivity contribution in [1.29, 1.82) is 0 Å². The number of sulfonamides is 1. The van der Waals surface area contributed by atoms with Crippen LogP contribution in [0, 0.1) is 0 Å². The highest BCUT2D eigenvalue weighted by Crippen LogP contribution is 2.31. The van der Waals surface area contributed by atoms with Gasteiger partial charge in [0.05, 0.1) is 10.6 Å². The van der Waals surface area contributed by atoms with Crippen LogP contribution in [0.2, 0.25) is 5.15 Å². The van der Waals surface area contributed by atoms with Crippen LogP contribution in [0.25, 0.3) is 0 Å². The zero-order chi connectivity index (χ0) is 19.1. The van der Waals surface area contributed by atoms with Crippen molar-refractivity contribution in [2.24, 2.45) is 0 Å². The van der Waals surface area contributed by atoms with E-state index in [2.05, 4.69) is 14.9 Å². The first kappa shape index (κ1) is 18.6. The lowest BCUT2D eigenvalue weighted by Gasteiger charge is -2.14. The van der Waals surface area contributed by atoms with Crippen molar-refractivity contribution in [3.05, 3.63) is 51.6 Å². The number of hydrogen-bond donors (Lipinski definition) is 1. The Hall–Kier alpha value is -2.20. The van der Waals surface area contributed by atoms with E-state index in [0.29, 0.717) is 0 Å². The van der Waals surface area contributed by atoms with E-state index < -0.39 is 31.9 Å². The summed E-state index contributed by atoms with van der Waals surface area (Å²) in [5, 5.41) is 6.46. The molecular weight excluding hydrogens is 427 g/mol. The highest BCUT2D eigenvalue weighted by Gasteiger charge is 2.37. The lowest BCUT2D eigenvalue weighted by Crippen LogP contribution is -2.30. The molecule has 1 N–H and O–H groups in total. The Bertz CT molecular complexity index is 1010. The largest absolute Gasteiger partial charge is 0.278 e. The Morgan fingerprint density at radius 2 is 1.42 bits per heavy atom. The first-order valence-corrected chi connectivity index (χ1v) is 9.38. The van der Waals surface area contributed by atoms with Crippen LogP contribution in [-0.4, -0.2) is 30.4 Å². The molecule has 2 heterocycles. The highest BCUT2D eigenvalue weighted by atomic mass is 35.5. The average Bonchev–Trinajstić information content (AvgIpc) is 2.80. The predicted molar refractivity (Wildman–Crippen MR) is 95.5 cm³/mol. The maximum atomic E-state index is 12.3. The number of hydrogen-bond acceptors (Lipinski definition) is 6. The molecular formula is C14H7Cl3N4O4S. The zero-order valence-electron chi connectivity index (χ0n) is 12.5. The fourth-order valence-electron chi connectivity index (χ4n) is 2.05. The number of carbonyl (C=O) groups excluding carboxylic acids is 2. The molecule has 12 heteroatoms. The molecule has 0 radical (unpaired) electrons. The van der Waals surface area contributed by atoms with Crippen LogP contribution >= 0.6 is 34.8 Å². The molecule has 2 aromatic rings. The quantitative estimate of drug-likeness (QED) is 0.742. The Kier molecular flexibility index (Phi) is 4.89. The Morgan fingerprint density at radius 1 is 0.846 bits per heavy atom. The summed E-state index contributed by atoms with van der Waals surface area (Å²) in [6.07, 6.45) is 0. The summed E-state index contributed by atoms with van der Waals surface area (Å²) in [6, 6.07) is 7.69. The zero-order valence-corrected chi connectivity index (χ0v) is 15.6. The highest BCUT2D eigenvalue weighted by molar-refractivity contribution is 7.92. The fraction of sp³-hybridized carbons (Fsp3) is 0. The second kappa shape index (κ2) is 6.84. The van der Waals surface area contributed by atoms with Crippen LogP contribution < -0.4 is 9.62 Å². The molecule has 26 heavy (non-hydrogen) atoms. The van der Waals surface area contributed by atoms with Crippen LogP contribution in [0.15, 0.2) is 51.4 Å². The van der Waals surface area contributed by atoms with E-state index in [-0.39, 0.29) is 21.6 Å². The summed E-state index contributed by atoms with van der Waals surface area (Å²) in [6.45, 7) is 0. The average molecular weight is 434 g/mol. The summed E-state index contributed by atoms with van der Waals surface area (Å²) >= 11 is 16.9. The molecule has 0 saturated heterocycles. The number of anilines is 2. The minimum absolute atomic E-state index is 0.0221. The van der Waals surface area contributed by atoms with Crippen molar-refractivity contribution >= 4 is 68.1 Å². The number of nitrogens with zero attached hydrogens (tertiary/aromatic N) is 3. The SMILES string of the molecule is O=C1C(Cl)=C(Cl)C(=O)N1c1ccc(S(=O)(=O)Nc2ccc(Cl)nn2)cc1. The molecule has 8 nitrogen and oxygen atoms in total. The molecule has 134 valence electrons. The van der Waals surface area contributed by atoms with Crippen LogP contribution in [0.4, 0.5) is 11.5 Å². The van der Waals surface area contributed by atoms with Gasteiger partial charge in [0.1, 0.15) is 10.1 Å². The van der Waals surface area contributed by atoms with Crippen molar-refractivity contribution in [3.63, 3.8) is 0 Å². The summed E-state index contributed by atoms with van der Waals surface area (Å²) in [4.78, 5) is 24.5. The minimum atomic E-state index is -3.96. The molecule has 0 saturated carbocycles. The standard InChI is InChI=1S/C14H7Cl3N4O4S/c15-9-5-6-10(19-18-9)20-26(24,25)8-3-1-7(2-4-8)21-13(22)11(16)12(17)14(21)23/h1-6H,(H,19,20). The van der Waals surface area contributed by atoms with Gasteiger partial charge in [-0.25, -0.2) is 13.3 Å². The minimum Gasteiger partial charge on any atom is -0.267 e. The van der Waals surface area contributed by atoms with Crippen molar-refractivity contribution < 1.29 is 18.0 Å². The molecule has 1 aliphatic heterocycles. The summed E-state index contributed by atoms with van der Waals surface area (Å²) in [5.41, 5.74) is 0.124. The second-order valence-electron chi connectivity index (χ2n) is 4.91. The van der Waals surface area contributed by atoms with Crippen LogP contribution in [-0.2, 0) is 19.6 Å². The van der Waals surface area contributed by atoms with Gasteiger partial charge in [-0.05, 0) is 36.4 Å². The fourth-order valence-corrected chi connectivity index (χ4v) is 3.48. The van der Waals surface area contributed by atoms with E-state index in [0.717, 1.165) is 4.90 Å². The molecule has 2 amide bonds. The molecule has 1 aromatic heterocycles. The monoisotopic (exact) mass is 432 g/mol. The van der Waals surface area contributed by atoms with Crippen molar-refractivity contribution in [3.8, 4) is 0 Å². The predicted octanol–water partition coefficient (Wildman–Crippen LogP) is 2.49. The Labute approximate surface area is 162 Å². The van der Waals surface area contributed by atoms with Gasteiger partial charge in [-0.1, -0.05) is 34.8 Å². The Balaban J connectivity index is 1.84. The lowest BCUT2D eigenvalue weighted by molar-refractivity contribution is -0.120. The second-order valence-corrected chi connectivity index (χ2v) is 7.74. The van der Waals surface area contributed by atoms with E-state index in [9.17, 15) is 18.0 Å². The molecule has 0 bridgehead atoms. The number of amides is 2. The van der Waals surface area contributed by atoms with Gasteiger partial charge in [-0.3, -0.25) is 14.3 Å². The Morgan fingerprint density at radius 3 is 1.92 bits per heavy atom. The molecule has 3 rings (SSSR count). The van der Waals surface area contributed by atoms with Gasteiger partial charge < -0.3 is 0 Å². The smallest absolute Gasteiger partial charge is 0.267 e. The maximum absolute atomic E-state index is 12.3. The molecule has 0 aliphatic carbocycles. The van der Waals surface area contributed by atoms with Gasteiger partial charge >= 0.3 is 0 Å². The molecule has 0 spiro atoms. The molecule has 0 unspecified atom stereocenters. The van der Waals surface area contributed by atoms with Crippen LogP contribution in [0.1, 0.15) is 0 Å².